The molecular formula is C22H37N5O. The summed E-state index contributed by atoms with van der Waals surface area (Å²) in [6, 6.07) is 8.40. The van der Waals surface area contributed by atoms with Crippen molar-refractivity contribution in [3.05, 3.63) is 24.3 Å². The van der Waals surface area contributed by atoms with Gasteiger partial charge >= 0.3 is 0 Å². The molecule has 3 rings (SSSR count). The van der Waals surface area contributed by atoms with Gasteiger partial charge in [-0.1, -0.05) is 13.8 Å². The maximum Gasteiger partial charge on any atom is 0.193 e. The van der Waals surface area contributed by atoms with Crippen LogP contribution in [0.5, 0.6) is 5.75 Å². The molecule has 1 N–H and O–H groups in total. The summed E-state index contributed by atoms with van der Waals surface area (Å²) in [5, 5.41) is 3.56. The molecule has 0 unspecified atom stereocenters. The maximum absolute atomic E-state index is 5.25. The number of anilines is 1. The smallest absolute Gasteiger partial charge is 0.193 e. The zero-order valence-electron chi connectivity index (χ0n) is 18.1. The van der Waals surface area contributed by atoms with E-state index in [-0.39, 0.29) is 0 Å². The van der Waals surface area contributed by atoms with Crippen molar-refractivity contribution < 1.29 is 4.74 Å². The molecule has 156 valence electrons. The predicted molar refractivity (Wildman–Crippen MR) is 118 cm³/mol. The number of guanidine groups is 1. The molecule has 1 aromatic rings. The lowest BCUT2D eigenvalue weighted by atomic mass is 9.93. The van der Waals surface area contributed by atoms with E-state index in [4.69, 9.17) is 4.74 Å². The summed E-state index contributed by atoms with van der Waals surface area (Å²) in [6.45, 7) is 13.4. The van der Waals surface area contributed by atoms with E-state index in [2.05, 4.69) is 51.0 Å². The third-order valence-electron chi connectivity index (χ3n) is 5.93. The van der Waals surface area contributed by atoms with Crippen LogP contribution >= 0.6 is 0 Å². The third-order valence-corrected chi connectivity index (χ3v) is 5.93. The fourth-order valence-corrected chi connectivity index (χ4v) is 4.15. The Hall–Kier alpha value is -1.95. The van der Waals surface area contributed by atoms with E-state index >= 15 is 0 Å². The molecule has 0 bridgehead atoms. The van der Waals surface area contributed by atoms with Crippen LogP contribution in [0.25, 0.3) is 0 Å². The molecule has 0 spiro atoms. The van der Waals surface area contributed by atoms with Gasteiger partial charge < -0.3 is 19.9 Å². The van der Waals surface area contributed by atoms with E-state index in [1.807, 2.05) is 19.2 Å². The van der Waals surface area contributed by atoms with Crippen LogP contribution in [0, 0.1) is 5.41 Å². The first-order valence-electron chi connectivity index (χ1n) is 10.6. The van der Waals surface area contributed by atoms with Crippen molar-refractivity contribution in [1.82, 2.24) is 15.1 Å². The molecule has 6 heteroatoms. The predicted octanol–water partition coefficient (Wildman–Crippen LogP) is 2.51. The van der Waals surface area contributed by atoms with Crippen LogP contribution in [-0.4, -0.2) is 82.3 Å². The maximum atomic E-state index is 5.25. The van der Waals surface area contributed by atoms with Gasteiger partial charge in [0, 0.05) is 58.5 Å². The minimum atomic E-state index is 0.404. The molecule has 2 aliphatic heterocycles. The number of nitrogens with zero attached hydrogens (tertiary/aromatic N) is 4. The monoisotopic (exact) mass is 387 g/mol. The van der Waals surface area contributed by atoms with Crippen LogP contribution in [0.2, 0.25) is 0 Å². The minimum absolute atomic E-state index is 0.404. The summed E-state index contributed by atoms with van der Waals surface area (Å²) >= 11 is 0. The average Bonchev–Trinajstić information content (AvgIpc) is 3.08. The summed E-state index contributed by atoms with van der Waals surface area (Å²) in [4.78, 5) is 11.9. The van der Waals surface area contributed by atoms with Gasteiger partial charge in [-0.15, -0.1) is 0 Å². The second-order valence-corrected chi connectivity index (χ2v) is 8.69. The summed E-state index contributed by atoms with van der Waals surface area (Å²) in [5.74, 6) is 1.98. The Morgan fingerprint density at radius 2 is 1.82 bits per heavy atom. The molecule has 0 aliphatic carbocycles. The molecule has 0 amide bonds. The number of likely N-dealkylation sites (tertiary alicyclic amines) is 1. The SMILES string of the molecule is CN=C(NCCCN1CCN(c2ccc(OC)cc2)CC1)N1CCC(C)(C)C1. The lowest BCUT2D eigenvalue weighted by Crippen LogP contribution is -2.47. The number of rotatable bonds is 6. The largest absolute Gasteiger partial charge is 0.497 e. The molecule has 0 atom stereocenters. The second-order valence-electron chi connectivity index (χ2n) is 8.69. The van der Waals surface area contributed by atoms with Crippen LogP contribution in [0.1, 0.15) is 26.7 Å². The normalized spacial score (nSPS) is 20.5. The first-order chi connectivity index (χ1) is 13.5. The highest BCUT2D eigenvalue weighted by atomic mass is 16.5. The van der Waals surface area contributed by atoms with E-state index in [0.717, 1.165) is 70.5 Å². The van der Waals surface area contributed by atoms with E-state index in [1.54, 1.807) is 7.11 Å². The van der Waals surface area contributed by atoms with Gasteiger partial charge in [0.05, 0.1) is 7.11 Å². The van der Waals surface area contributed by atoms with E-state index in [1.165, 1.54) is 12.1 Å². The molecule has 0 aromatic heterocycles. The molecular weight excluding hydrogens is 350 g/mol. The number of benzene rings is 1. The topological polar surface area (TPSA) is 43.3 Å². The molecule has 1 aromatic carbocycles. The van der Waals surface area contributed by atoms with Crippen molar-refractivity contribution in [2.45, 2.75) is 26.7 Å². The molecule has 2 saturated heterocycles. The standard InChI is InChI=1S/C22H37N5O/c1-22(2)10-13-27(18-22)21(23-3)24-11-5-12-25-14-16-26(17-15-25)19-6-8-20(28-4)9-7-19/h6-9H,5,10-18H2,1-4H3,(H,23,24). The molecule has 2 heterocycles. The summed E-state index contributed by atoms with van der Waals surface area (Å²) < 4.78 is 5.25. The Kier molecular flexibility index (Phi) is 7.05. The highest BCUT2D eigenvalue weighted by molar-refractivity contribution is 5.80. The molecule has 28 heavy (non-hydrogen) atoms. The zero-order chi connectivity index (χ0) is 20.0. The highest BCUT2D eigenvalue weighted by Crippen LogP contribution is 2.28. The van der Waals surface area contributed by atoms with Crippen molar-refractivity contribution in [3.8, 4) is 5.75 Å². The number of ether oxygens (including phenoxy) is 1. The van der Waals surface area contributed by atoms with Gasteiger partial charge in [-0.3, -0.25) is 9.89 Å². The second kappa shape index (κ2) is 9.50. The van der Waals surface area contributed by atoms with Crippen LogP contribution in [0.4, 0.5) is 5.69 Å². The molecule has 0 saturated carbocycles. The van der Waals surface area contributed by atoms with Crippen LogP contribution in [0.15, 0.2) is 29.3 Å². The van der Waals surface area contributed by atoms with Gasteiger partial charge in [0.2, 0.25) is 0 Å². The Labute approximate surface area is 170 Å². The lowest BCUT2D eigenvalue weighted by molar-refractivity contribution is 0.255. The van der Waals surface area contributed by atoms with Crippen molar-refractivity contribution in [2.75, 3.05) is 71.4 Å². The van der Waals surface area contributed by atoms with E-state index in [9.17, 15) is 0 Å². The number of hydrogen-bond donors (Lipinski definition) is 1. The molecule has 2 aliphatic rings. The quantitative estimate of drug-likeness (QED) is 0.462. The van der Waals surface area contributed by atoms with Crippen LogP contribution < -0.4 is 15.0 Å². The van der Waals surface area contributed by atoms with E-state index in [0.29, 0.717) is 5.41 Å². The Morgan fingerprint density at radius 1 is 1.11 bits per heavy atom. The number of methoxy groups -OCH3 is 1. The first-order valence-corrected chi connectivity index (χ1v) is 10.6. The van der Waals surface area contributed by atoms with Crippen molar-refractivity contribution in [2.24, 2.45) is 10.4 Å². The average molecular weight is 388 g/mol. The fraction of sp³-hybridized carbons (Fsp3) is 0.682. The van der Waals surface area contributed by atoms with Gasteiger partial charge in [0.15, 0.2) is 5.96 Å². The third kappa shape index (κ3) is 5.53. The zero-order valence-corrected chi connectivity index (χ0v) is 18.1. The fourth-order valence-electron chi connectivity index (χ4n) is 4.15. The van der Waals surface area contributed by atoms with Crippen molar-refractivity contribution in [1.29, 1.82) is 0 Å². The Morgan fingerprint density at radius 3 is 2.39 bits per heavy atom. The number of nitrogens with one attached hydrogen (secondary N) is 1. The van der Waals surface area contributed by atoms with Gasteiger partial charge in [-0.2, -0.15) is 0 Å². The first kappa shape index (κ1) is 20.8. The molecule has 2 fully saturated rings. The van der Waals surface area contributed by atoms with Crippen molar-refractivity contribution in [3.63, 3.8) is 0 Å². The van der Waals surface area contributed by atoms with Gasteiger partial charge in [0.25, 0.3) is 0 Å². The summed E-state index contributed by atoms with van der Waals surface area (Å²) in [7, 11) is 3.61. The Bertz CT molecular complexity index is 635. The molecule has 0 radical (unpaired) electrons. The van der Waals surface area contributed by atoms with Gasteiger partial charge in [-0.05, 0) is 49.1 Å². The summed E-state index contributed by atoms with van der Waals surface area (Å²) in [5.41, 5.74) is 1.70. The van der Waals surface area contributed by atoms with Crippen molar-refractivity contribution >= 4 is 11.6 Å². The Balaban J connectivity index is 1.34. The van der Waals surface area contributed by atoms with Crippen LogP contribution in [-0.2, 0) is 0 Å². The number of aliphatic imine (C=N–C) groups is 1. The molecule has 6 nitrogen and oxygen atoms in total. The van der Waals surface area contributed by atoms with Gasteiger partial charge in [-0.25, -0.2) is 0 Å². The highest BCUT2D eigenvalue weighted by Gasteiger charge is 2.30. The number of hydrogen-bond acceptors (Lipinski definition) is 4. The summed E-state index contributed by atoms with van der Waals surface area (Å²) in [6.07, 6.45) is 2.39. The lowest BCUT2D eigenvalue weighted by Gasteiger charge is -2.36. The minimum Gasteiger partial charge on any atom is -0.497 e. The number of piperazine rings is 1. The van der Waals surface area contributed by atoms with Crippen LogP contribution in [0.3, 0.4) is 0 Å². The van der Waals surface area contributed by atoms with Gasteiger partial charge in [0.1, 0.15) is 5.75 Å². The van der Waals surface area contributed by atoms with E-state index < -0.39 is 0 Å².